The van der Waals surface area contributed by atoms with Gasteiger partial charge < -0.3 is 24.2 Å². The zero-order valence-electron chi connectivity index (χ0n) is 51.4. The second-order valence-electron chi connectivity index (χ2n) is 26.7. The molecule has 81 heavy (non-hydrogen) atoms. The fourth-order valence-corrected chi connectivity index (χ4v) is 10.7. The first-order valence-corrected chi connectivity index (χ1v) is 28.4. The van der Waals surface area contributed by atoms with E-state index < -0.39 is 0 Å². The van der Waals surface area contributed by atoms with Crippen molar-refractivity contribution >= 4 is 43.6 Å². The predicted molar refractivity (Wildman–Crippen MR) is 344 cm³/mol. The molecule has 7 heteroatoms. The molecule has 1 radical (unpaired) electrons. The number of fused-ring (bicyclic) bond motifs is 6. The normalized spacial score (nSPS) is 12.2. The Kier molecular flexibility index (Phi) is 18.7. The van der Waals surface area contributed by atoms with Crippen molar-refractivity contribution in [2.24, 2.45) is 0 Å². The number of phenolic OH excluding ortho intramolecular Hbond substituents is 2. The first-order chi connectivity index (χ1) is 37.5. The van der Waals surface area contributed by atoms with E-state index >= 15 is 0 Å². The maximum absolute atomic E-state index is 12.6. The topological polar surface area (TPSA) is 56.8 Å². The third-order valence-electron chi connectivity index (χ3n) is 15.4. The van der Waals surface area contributed by atoms with Crippen LogP contribution < -0.4 is 0 Å². The molecule has 2 heterocycles. The molecule has 10 aromatic rings. The van der Waals surface area contributed by atoms with Crippen LogP contribution in [0.1, 0.15) is 139 Å². The summed E-state index contributed by atoms with van der Waals surface area (Å²) in [5.41, 5.74) is 17.0. The van der Waals surface area contributed by atoms with Gasteiger partial charge in [-0.05, 0) is 144 Å². The van der Waals surface area contributed by atoms with Crippen LogP contribution in [-0.2, 0) is 56.5 Å². The van der Waals surface area contributed by atoms with Gasteiger partial charge in [0.1, 0.15) is 11.5 Å². The molecule has 419 valence electrons. The summed E-state index contributed by atoms with van der Waals surface area (Å²) in [7, 11) is 4.19. The third-order valence-corrected chi connectivity index (χ3v) is 15.4. The Hall–Kier alpha value is -6.67. The Morgan fingerprint density at radius 2 is 0.679 bits per heavy atom. The van der Waals surface area contributed by atoms with Crippen LogP contribution in [0.4, 0.5) is 0 Å². The van der Waals surface area contributed by atoms with E-state index in [1.54, 1.807) is 0 Å². The van der Waals surface area contributed by atoms with Gasteiger partial charge in [0.05, 0.1) is 33.4 Å². The van der Waals surface area contributed by atoms with E-state index in [1.807, 2.05) is 60.7 Å². The van der Waals surface area contributed by atoms with Crippen LogP contribution in [0.2, 0.25) is 0 Å². The fourth-order valence-electron chi connectivity index (χ4n) is 10.7. The second kappa shape index (κ2) is 24.4. The van der Waals surface area contributed by atoms with Crippen molar-refractivity contribution in [1.29, 1.82) is 0 Å². The molecular formula is C74H88N4O2Ti+. The Bertz CT molecular complexity index is 3410. The summed E-state index contributed by atoms with van der Waals surface area (Å²) in [5.74, 6) is 0.551. The standard InChI is InChI=1S/C60H74N4O2.2C7H7.Ti/c1-37-27-39(55(65)53(29-37)63-49-21-17-41(57(3,4)5)31-45(49)46-32-42(58(6,7)8)18-22-50(46)63)35-62(26-25-61(15)16)36-40-28-38(2)30-54(56(40)66)64-51-23-19-43(59(9,10)11)33-47(51)48-34-44(60(12,13)14)20-24-52(48)64;2*1-7-5-3-2-4-6-7;/h17-24,27-34,65-66H,25-26,35-36H2,1-16H3;2*2-6H,1H2;/q;2*-1;+3. The van der Waals surface area contributed by atoms with Gasteiger partial charge >= 0.3 is 21.7 Å². The smallest absolute Gasteiger partial charge is 0.505 e. The first-order valence-electron chi connectivity index (χ1n) is 28.4. The van der Waals surface area contributed by atoms with Gasteiger partial charge in [0, 0.05) is 58.9 Å². The number of aromatic hydroxyl groups is 2. The van der Waals surface area contributed by atoms with Crippen LogP contribution in [0, 0.1) is 27.7 Å². The zero-order chi connectivity index (χ0) is 58.2. The van der Waals surface area contributed by atoms with Crippen molar-refractivity contribution in [2.45, 2.75) is 132 Å². The summed E-state index contributed by atoms with van der Waals surface area (Å²) in [6.45, 7) is 41.4. The molecule has 2 N–H and O–H groups in total. The van der Waals surface area contributed by atoms with Crippen LogP contribution >= 0.6 is 0 Å². The van der Waals surface area contributed by atoms with Crippen LogP contribution in [0.25, 0.3) is 55.0 Å². The summed E-state index contributed by atoms with van der Waals surface area (Å²) in [5, 5.41) is 29.9. The molecule has 6 nitrogen and oxygen atoms in total. The number of hydrogen-bond donors (Lipinski definition) is 2. The molecule has 0 saturated heterocycles. The number of likely N-dealkylation sites (N-methyl/N-ethyl adjacent to an activating group) is 1. The third kappa shape index (κ3) is 14.2. The van der Waals surface area contributed by atoms with Crippen molar-refractivity contribution in [3.05, 3.63) is 227 Å². The van der Waals surface area contributed by atoms with Gasteiger partial charge in [-0.25, -0.2) is 0 Å². The number of aryl methyl sites for hydroxylation is 2. The summed E-state index contributed by atoms with van der Waals surface area (Å²) in [4.78, 5) is 4.56. The van der Waals surface area contributed by atoms with Crippen molar-refractivity contribution in [1.82, 2.24) is 18.9 Å². The fraction of sp³-hybridized carbons (Fsp3) is 0.324. The summed E-state index contributed by atoms with van der Waals surface area (Å²) in [6, 6.07) is 55.6. The number of phenols is 2. The van der Waals surface area contributed by atoms with Crippen LogP contribution in [0.5, 0.6) is 11.5 Å². The van der Waals surface area contributed by atoms with Gasteiger partial charge in [-0.2, -0.15) is 49.2 Å². The Labute approximate surface area is 500 Å². The van der Waals surface area contributed by atoms with Gasteiger partial charge in [-0.1, -0.05) is 132 Å². The predicted octanol–water partition coefficient (Wildman–Crippen LogP) is 18.4. The molecule has 8 aromatic carbocycles. The Morgan fingerprint density at radius 1 is 0.395 bits per heavy atom. The van der Waals surface area contributed by atoms with Gasteiger partial charge in [-0.15, -0.1) is 24.3 Å². The van der Waals surface area contributed by atoms with E-state index in [4.69, 9.17) is 0 Å². The summed E-state index contributed by atoms with van der Waals surface area (Å²) >= 11 is 0. The molecule has 10 rings (SSSR count). The van der Waals surface area contributed by atoms with Crippen molar-refractivity contribution in [2.75, 3.05) is 27.2 Å². The average Bonchev–Trinajstić information content (AvgIpc) is 4.06. The van der Waals surface area contributed by atoms with Gasteiger partial charge in [0.15, 0.2) is 0 Å². The molecule has 0 amide bonds. The Balaban J connectivity index is 0.000000550. The van der Waals surface area contributed by atoms with Crippen molar-refractivity contribution < 1.29 is 31.9 Å². The number of nitrogens with zero attached hydrogens (tertiary/aromatic N) is 4. The monoisotopic (exact) mass is 1110 g/mol. The minimum atomic E-state index is -0.0127. The molecule has 0 fully saturated rings. The van der Waals surface area contributed by atoms with E-state index in [-0.39, 0.29) is 54.9 Å². The van der Waals surface area contributed by atoms with E-state index in [9.17, 15) is 10.2 Å². The minimum absolute atomic E-state index is 0. The second-order valence-corrected chi connectivity index (χ2v) is 26.7. The molecule has 2 aromatic heterocycles. The molecule has 0 bridgehead atoms. The number of benzene rings is 8. The number of aromatic nitrogens is 2. The Morgan fingerprint density at radius 3 is 0.914 bits per heavy atom. The SMILES string of the molecule is Cc1cc(CN(CCN(C)C)Cc2cc(C)cc(-n3c4ccc(C(C)(C)C)cc4c4cc(C(C)(C)C)ccc43)c2O)c(O)c(-n2c3ccc(C(C)(C)C)cc3c3cc(C(C)(C)C)ccc32)c1.[CH2-]c1ccccc1.[CH2-]c1ccccc1.[Ti+3]. The molecule has 0 spiro atoms. The quantitative estimate of drug-likeness (QED) is 0.112. The van der Waals surface area contributed by atoms with Crippen molar-refractivity contribution in [3.8, 4) is 22.9 Å². The van der Waals surface area contributed by atoms with Gasteiger partial charge in [0.2, 0.25) is 0 Å². The largest absolute Gasteiger partial charge is 3.00 e. The molecule has 0 aliphatic rings. The molecule has 0 aliphatic carbocycles. The molecular weight excluding hydrogens is 1020 g/mol. The van der Waals surface area contributed by atoms with Crippen LogP contribution in [0.15, 0.2) is 158 Å². The maximum Gasteiger partial charge on any atom is 3.00 e. The average molecular weight is 1110 g/mol. The number of hydrogen-bond acceptors (Lipinski definition) is 4. The van der Waals surface area contributed by atoms with Crippen molar-refractivity contribution in [3.63, 3.8) is 0 Å². The summed E-state index contributed by atoms with van der Waals surface area (Å²) in [6.07, 6.45) is 0. The van der Waals surface area contributed by atoms with Crippen LogP contribution in [0.3, 0.4) is 0 Å². The molecule has 0 aliphatic heterocycles. The minimum Gasteiger partial charge on any atom is -0.505 e. The van der Waals surface area contributed by atoms with E-state index in [0.29, 0.717) is 13.1 Å². The zero-order valence-corrected chi connectivity index (χ0v) is 53.0. The van der Waals surface area contributed by atoms with Crippen LogP contribution in [-0.4, -0.2) is 56.3 Å². The van der Waals surface area contributed by atoms with E-state index in [2.05, 4.69) is 241 Å². The van der Waals surface area contributed by atoms with Gasteiger partial charge in [0.25, 0.3) is 0 Å². The number of rotatable bonds is 9. The van der Waals surface area contributed by atoms with E-state index in [1.165, 1.54) is 43.8 Å². The maximum atomic E-state index is 12.6. The van der Waals surface area contributed by atoms with Gasteiger partial charge in [-0.3, -0.25) is 4.90 Å². The molecule has 0 atom stereocenters. The molecule has 0 saturated carbocycles. The first kappa shape index (κ1) is 61.9. The van der Waals surface area contributed by atoms with E-state index in [0.717, 1.165) is 79.9 Å². The summed E-state index contributed by atoms with van der Waals surface area (Å²) < 4.78 is 4.53. The molecule has 0 unspecified atom stereocenters.